The van der Waals surface area contributed by atoms with Crippen molar-refractivity contribution >= 4 is 57.1 Å². The van der Waals surface area contributed by atoms with Gasteiger partial charge in [-0.1, -0.05) is 25.4 Å². The van der Waals surface area contributed by atoms with Gasteiger partial charge in [-0.25, -0.2) is 9.97 Å². The van der Waals surface area contributed by atoms with Crippen LogP contribution in [0.25, 0.3) is 44.3 Å². The van der Waals surface area contributed by atoms with Crippen LogP contribution < -0.4 is 5.32 Å². The molecule has 16 heteroatoms. The molecule has 7 aromatic heterocycles. The van der Waals surface area contributed by atoms with Crippen LogP contribution in [0, 0.1) is 0 Å². The summed E-state index contributed by atoms with van der Waals surface area (Å²) in [5.41, 5.74) is 8.09. The van der Waals surface area contributed by atoms with Crippen LogP contribution in [0.2, 0.25) is 5.15 Å². The number of halogens is 1. The molecule has 2 aliphatic heterocycles. The molecule has 2 amide bonds. The van der Waals surface area contributed by atoms with E-state index in [0.29, 0.717) is 48.6 Å². The lowest BCUT2D eigenvalue weighted by atomic mass is 10.1. The first-order chi connectivity index (χ1) is 27.6. The average Bonchev–Trinajstić information content (AvgIpc) is 4.02. The Morgan fingerprint density at radius 2 is 1.25 bits per heavy atom. The molecule has 2 saturated heterocycles. The number of hydrogen-bond acceptors (Lipinski definition) is 11. The molecule has 0 unspecified atom stereocenters. The molecule has 57 heavy (non-hydrogen) atoms. The quantitative estimate of drug-likeness (QED) is 0.158. The Bertz CT molecular complexity index is 2590. The number of likely N-dealkylation sites (tertiary alicyclic amines) is 2. The first kappa shape index (κ1) is 37.6. The summed E-state index contributed by atoms with van der Waals surface area (Å²) in [5.74, 6) is 2.11. The molecule has 15 nitrogen and oxygen atoms in total. The van der Waals surface area contributed by atoms with Gasteiger partial charge in [-0.05, 0) is 66.8 Å². The number of nitrogens with one attached hydrogen (secondary N) is 1. The molecule has 0 radical (unpaired) electrons. The maximum absolute atomic E-state index is 11.8. The van der Waals surface area contributed by atoms with Gasteiger partial charge < -0.3 is 15.1 Å². The zero-order valence-corrected chi connectivity index (χ0v) is 32.9. The molecular formula is C41H42ClN13O2. The standard InChI is InChI=1S/C24H26N8O.C17H16ClN5O/c1-15(2)16-9-23(30-26-11-16)29-22-6-5-20-21(28-22)8-17(10-25-20)18-12-27-32(13-18)14-19-4-7-24(33)31(19)3;1-22-13(2-5-17(22)24)10-23-9-12(8-20-23)11-6-15-14(19-7-11)3-4-16(18)21-15/h5-6,8-13,15,19H,4,7,14H2,1-3H3,(H,28,29,30);3-4,6-9,13H,2,5,10H2,1H3/t19-;13-/m00/s1. The van der Waals surface area contributed by atoms with E-state index in [0.717, 1.165) is 62.7 Å². The Morgan fingerprint density at radius 3 is 1.79 bits per heavy atom. The molecule has 1 N–H and O–H groups in total. The van der Waals surface area contributed by atoms with Gasteiger partial charge in [-0.2, -0.15) is 15.3 Å². The number of likely N-dealkylation sites (N-methyl/N-ethyl adjacent to an activating group) is 2. The largest absolute Gasteiger partial charge is 0.341 e. The fourth-order valence-corrected chi connectivity index (χ4v) is 7.23. The van der Waals surface area contributed by atoms with Crippen LogP contribution in [0.3, 0.4) is 0 Å². The zero-order chi connectivity index (χ0) is 39.6. The molecule has 9 heterocycles. The van der Waals surface area contributed by atoms with Gasteiger partial charge in [0.15, 0.2) is 5.82 Å². The van der Waals surface area contributed by atoms with Gasteiger partial charge in [0.25, 0.3) is 0 Å². The molecule has 0 spiro atoms. The summed E-state index contributed by atoms with van der Waals surface area (Å²) in [6.07, 6.45) is 16.0. The van der Waals surface area contributed by atoms with Crippen molar-refractivity contribution < 1.29 is 9.59 Å². The summed E-state index contributed by atoms with van der Waals surface area (Å²) in [5, 5.41) is 20.9. The van der Waals surface area contributed by atoms with Gasteiger partial charge in [0.05, 0.1) is 65.8 Å². The Labute approximate surface area is 334 Å². The molecular weight excluding hydrogens is 742 g/mol. The lowest BCUT2D eigenvalue weighted by molar-refractivity contribution is -0.128. The van der Waals surface area contributed by atoms with Crippen molar-refractivity contribution in [2.45, 2.75) is 70.6 Å². The Balaban J connectivity index is 0.000000168. The Kier molecular flexibility index (Phi) is 10.6. The SMILES string of the molecule is CC(C)c1cnnc(Nc2ccc3ncc(-c4cnn(C[C@@H]5CCC(=O)N5C)c4)cc3n2)c1.CN1C(=O)CC[C@H]1Cn1cc(-c2cnc3ccc(Cl)nc3c2)cn1. The summed E-state index contributed by atoms with van der Waals surface area (Å²) >= 11 is 5.95. The van der Waals surface area contributed by atoms with Gasteiger partial charge in [-0.3, -0.25) is 28.9 Å². The summed E-state index contributed by atoms with van der Waals surface area (Å²) in [6.45, 7) is 5.63. The molecule has 0 bridgehead atoms. The highest BCUT2D eigenvalue weighted by Crippen LogP contribution is 2.27. The molecule has 0 aliphatic carbocycles. The second kappa shape index (κ2) is 16.0. The number of pyridine rings is 4. The minimum absolute atomic E-state index is 0.188. The van der Waals surface area contributed by atoms with Crippen LogP contribution in [-0.4, -0.2) is 97.5 Å². The molecule has 9 rings (SSSR count). The van der Waals surface area contributed by atoms with Crippen molar-refractivity contribution in [3.05, 3.63) is 96.6 Å². The maximum Gasteiger partial charge on any atom is 0.222 e. The number of nitrogens with zero attached hydrogens (tertiary/aromatic N) is 12. The monoisotopic (exact) mass is 783 g/mol. The number of aromatic nitrogens is 10. The van der Waals surface area contributed by atoms with E-state index in [2.05, 4.69) is 54.5 Å². The van der Waals surface area contributed by atoms with Crippen molar-refractivity contribution in [1.82, 2.24) is 59.5 Å². The van der Waals surface area contributed by atoms with Gasteiger partial charge in [0.2, 0.25) is 11.8 Å². The predicted octanol–water partition coefficient (Wildman–Crippen LogP) is 6.54. The summed E-state index contributed by atoms with van der Waals surface area (Å²) in [7, 11) is 3.71. The molecule has 2 fully saturated rings. The fraction of sp³-hybridized carbons (Fsp3) is 0.317. The molecule has 7 aromatic rings. The summed E-state index contributed by atoms with van der Waals surface area (Å²) in [4.78, 5) is 45.1. The molecule has 2 aliphatic rings. The van der Waals surface area contributed by atoms with E-state index in [-0.39, 0.29) is 23.9 Å². The van der Waals surface area contributed by atoms with E-state index < -0.39 is 0 Å². The van der Waals surface area contributed by atoms with Crippen LogP contribution in [0.5, 0.6) is 0 Å². The molecule has 0 saturated carbocycles. The third-order valence-electron chi connectivity index (χ3n) is 10.6. The van der Waals surface area contributed by atoms with Gasteiger partial charge >= 0.3 is 0 Å². The summed E-state index contributed by atoms with van der Waals surface area (Å²) in [6, 6.07) is 13.8. The van der Waals surface area contributed by atoms with E-state index in [1.807, 2.05) is 107 Å². The third-order valence-corrected chi connectivity index (χ3v) is 10.8. The van der Waals surface area contributed by atoms with Gasteiger partial charge in [-0.15, -0.1) is 5.10 Å². The Hall–Kier alpha value is -6.35. The molecule has 0 aromatic carbocycles. The minimum atomic E-state index is 0.188. The zero-order valence-electron chi connectivity index (χ0n) is 32.1. The lowest BCUT2D eigenvalue weighted by Crippen LogP contribution is -2.32. The van der Waals surface area contributed by atoms with E-state index in [1.165, 1.54) is 0 Å². The normalized spacial score (nSPS) is 16.9. The highest BCUT2D eigenvalue weighted by Gasteiger charge is 2.29. The van der Waals surface area contributed by atoms with Crippen molar-refractivity contribution in [2.24, 2.45) is 0 Å². The maximum atomic E-state index is 11.8. The van der Waals surface area contributed by atoms with Crippen LogP contribution in [-0.2, 0) is 22.7 Å². The molecule has 290 valence electrons. The number of hydrogen-bond donors (Lipinski definition) is 1. The average molecular weight is 784 g/mol. The van der Waals surface area contributed by atoms with Crippen LogP contribution in [0.1, 0.15) is 51.0 Å². The van der Waals surface area contributed by atoms with Crippen LogP contribution in [0.15, 0.2) is 85.8 Å². The highest BCUT2D eigenvalue weighted by atomic mass is 35.5. The predicted molar refractivity (Wildman–Crippen MR) is 218 cm³/mol. The smallest absolute Gasteiger partial charge is 0.222 e. The summed E-state index contributed by atoms with van der Waals surface area (Å²) < 4.78 is 3.77. The van der Waals surface area contributed by atoms with E-state index in [1.54, 1.807) is 12.3 Å². The number of anilines is 2. The first-order valence-electron chi connectivity index (χ1n) is 18.9. The van der Waals surface area contributed by atoms with Gasteiger partial charge in [0.1, 0.15) is 11.0 Å². The van der Waals surface area contributed by atoms with Crippen molar-refractivity contribution in [1.29, 1.82) is 0 Å². The second-order valence-corrected chi connectivity index (χ2v) is 15.2. The fourth-order valence-electron chi connectivity index (χ4n) is 7.08. The number of carbonyl (C=O) groups excluding carboxylic acids is 2. The van der Waals surface area contributed by atoms with Crippen molar-refractivity contribution in [3.63, 3.8) is 0 Å². The number of fused-ring (bicyclic) bond motifs is 2. The third kappa shape index (κ3) is 8.43. The topological polar surface area (TPSA) is 166 Å². The lowest BCUT2D eigenvalue weighted by Gasteiger charge is -2.19. The van der Waals surface area contributed by atoms with Crippen molar-refractivity contribution in [2.75, 3.05) is 19.4 Å². The van der Waals surface area contributed by atoms with E-state index in [9.17, 15) is 9.59 Å². The van der Waals surface area contributed by atoms with Crippen LogP contribution in [0.4, 0.5) is 11.6 Å². The van der Waals surface area contributed by atoms with E-state index in [4.69, 9.17) is 16.6 Å². The Morgan fingerprint density at radius 1 is 0.684 bits per heavy atom. The minimum Gasteiger partial charge on any atom is -0.341 e. The molecule has 2 atom stereocenters. The van der Waals surface area contributed by atoms with Gasteiger partial charge in [0, 0.05) is 74.0 Å². The van der Waals surface area contributed by atoms with E-state index >= 15 is 0 Å². The number of carbonyl (C=O) groups is 2. The number of rotatable bonds is 9. The van der Waals surface area contributed by atoms with Crippen LogP contribution >= 0.6 is 11.6 Å². The van der Waals surface area contributed by atoms with Crippen molar-refractivity contribution in [3.8, 4) is 22.3 Å². The highest BCUT2D eigenvalue weighted by molar-refractivity contribution is 6.29. The first-order valence-corrected chi connectivity index (χ1v) is 19.3. The second-order valence-electron chi connectivity index (χ2n) is 14.8. The number of amides is 2.